The normalized spacial score (nSPS) is 26.5. The van der Waals surface area contributed by atoms with Crippen LogP contribution in [0.5, 0.6) is 0 Å². The van der Waals surface area contributed by atoms with E-state index in [2.05, 4.69) is 4.98 Å². The lowest BCUT2D eigenvalue weighted by Gasteiger charge is -2.28. The highest BCUT2D eigenvalue weighted by molar-refractivity contribution is 5.71. The molecule has 1 fully saturated rings. The van der Waals surface area contributed by atoms with Crippen molar-refractivity contribution in [3.05, 3.63) is 18.2 Å². The van der Waals surface area contributed by atoms with E-state index in [0.717, 1.165) is 6.42 Å². The molecule has 1 aliphatic heterocycles. The zero-order chi connectivity index (χ0) is 10.8. The Morgan fingerprint density at radius 2 is 2.53 bits per heavy atom. The topological polar surface area (TPSA) is 64.4 Å². The first-order valence-corrected chi connectivity index (χ1v) is 5.02. The Morgan fingerprint density at radius 1 is 1.73 bits per heavy atom. The highest BCUT2D eigenvalue weighted by Gasteiger charge is 2.35. The predicted octanol–water partition coefficient (Wildman–Crippen LogP) is 0.972. The molecule has 5 nitrogen and oxygen atoms in total. The van der Waals surface area contributed by atoms with Crippen molar-refractivity contribution in [3.8, 4) is 0 Å². The molecular weight excluding hydrogens is 196 g/mol. The molecule has 1 aromatic rings. The minimum atomic E-state index is -0.803. The van der Waals surface area contributed by atoms with Crippen LogP contribution in [0.25, 0.3) is 0 Å². The van der Waals surface area contributed by atoms with Crippen LogP contribution in [0.3, 0.4) is 0 Å². The fourth-order valence-electron chi connectivity index (χ4n) is 1.94. The maximum atomic E-state index is 11.1. The van der Waals surface area contributed by atoms with Crippen LogP contribution in [-0.4, -0.2) is 27.2 Å². The van der Waals surface area contributed by atoms with Gasteiger partial charge in [0.25, 0.3) is 0 Å². The van der Waals surface area contributed by atoms with Crippen molar-refractivity contribution in [1.82, 2.24) is 9.55 Å². The average Bonchev–Trinajstić information content (AvgIpc) is 2.64. The lowest BCUT2D eigenvalue weighted by molar-refractivity contribution is -0.152. The van der Waals surface area contributed by atoms with Crippen molar-refractivity contribution >= 4 is 5.97 Å². The number of nitrogens with zero attached hydrogens (tertiary/aromatic N) is 2. The summed E-state index contributed by atoms with van der Waals surface area (Å²) in [5, 5.41) is 9.08. The zero-order valence-corrected chi connectivity index (χ0v) is 8.59. The quantitative estimate of drug-likeness (QED) is 0.790. The number of aryl methyl sites for hydroxylation is 1. The number of rotatable bonds is 2. The van der Waals surface area contributed by atoms with Crippen LogP contribution in [0.4, 0.5) is 0 Å². The third kappa shape index (κ3) is 1.87. The fraction of sp³-hybridized carbons (Fsp3) is 0.600. The largest absolute Gasteiger partial charge is 0.481 e. The summed E-state index contributed by atoms with van der Waals surface area (Å²) < 4.78 is 7.32. The van der Waals surface area contributed by atoms with Gasteiger partial charge in [-0.3, -0.25) is 4.79 Å². The molecule has 0 bridgehead atoms. The van der Waals surface area contributed by atoms with Crippen molar-refractivity contribution in [2.75, 3.05) is 6.61 Å². The van der Waals surface area contributed by atoms with Crippen LogP contribution in [-0.2, 0) is 16.6 Å². The lowest BCUT2D eigenvalue weighted by Crippen LogP contribution is -2.30. The Kier molecular flexibility index (Phi) is 2.73. The van der Waals surface area contributed by atoms with Gasteiger partial charge in [-0.15, -0.1) is 0 Å². The van der Waals surface area contributed by atoms with E-state index in [9.17, 15) is 4.79 Å². The van der Waals surface area contributed by atoms with E-state index in [0.29, 0.717) is 18.9 Å². The molecule has 2 heterocycles. The summed E-state index contributed by atoms with van der Waals surface area (Å²) in [5.74, 6) is -0.579. The molecule has 15 heavy (non-hydrogen) atoms. The van der Waals surface area contributed by atoms with Crippen LogP contribution in [0.1, 0.15) is 24.8 Å². The van der Waals surface area contributed by atoms with Gasteiger partial charge >= 0.3 is 5.97 Å². The maximum Gasteiger partial charge on any atom is 0.309 e. The molecule has 0 spiro atoms. The zero-order valence-electron chi connectivity index (χ0n) is 8.59. The summed E-state index contributed by atoms with van der Waals surface area (Å²) in [6.45, 7) is 0.612. The number of ether oxygens (including phenoxy) is 1. The molecule has 0 aliphatic carbocycles. The summed E-state index contributed by atoms with van der Waals surface area (Å²) in [7, 11) is 1.85. The molecule has 0 amide bonds. The van der Waals surface area contributed by atoms with Gasteiger partial charge in [0.05, 0.1) is 5.92 Å². The Bertz CT molecular complexity index is 361. The number of hydrogen-bond donors (Lipinski definition) is 1. The first kappa shape index (κ1) is 10.2. The number of carbonyl (C=O) groups is 1. The highest BCUT2D eigenvalue weighted by atomic mass is 16.5. The molecule has 0 aromatic carbocycles. The van der Waals surface area contributed by atoms with Crippen LogP contribution < -0.4 is 0 Å². The van der Waals surface area contributed by atoms with E-state index in [-0.39, 0.29) is 0 Å². The second kappa shape index (κ2) is 4.02. The first-order valence-electron chi connectivity index (χ1n) is 5.02. The molecule has 1 aliphatic rings. The van der Waals surface area contributed by atoms with Crippen molar-refractivity contribution in [2.45, 2.75) is 18.9 Å². The van der Waals surface area contributed by atoms with Gasteiger partial charge in [0.15, 0.2) is 0 Å². The molecule has 1 N–H and O–H groups in total. The third-order valence-electron chi connectivity index (χ3n) is 2.75. The molecule has 2 rings (SSSR count). The van der Waals surface area contributed by atoms with E-state index in [1.165, 1.54) is 0 Å². The second-order valence-electron chi connectivity index (χ2n) is 3.77. The van der Waals surface area contributed by atoms with Gasteiger partial charge in [-0.2, -0.15) is 0 Å². The molecule has 1 saturated heterocycles. The molecule has 0 radical (unpaired) electrons. The monoisotopic (exact) mass is 210 g/mol. The van der Waals surface area contributed by atoms with E-state index in [4.69, 9.17) is 9.84 Å². The van der Waals surface area contributed by atoms with E-state index >= 15 is 0 Å². The number of aliphatic carboxylic acids is 1. The molecule has 5 heteroatoms. The minimum Gasteiger partial charge on any atom is -0.481 e. The van der Waals surface area contributed by atoms with E-state index < -0.39 is 18.0 Å². The van der Waals surface area contributed by atoms with Gasteiger partial charge < -0.3 is 14.4 Å². The molecule has 1 aromatic heterocycles. The van der Waals surface area contributed by atoms with Gasteiger partial charge in [0.2, 0.25) is 0 Å². The Hall–Kier alpha value is -1.36. The van der Waals surface area contributed by atoms with Gasteiger partial charge in [-0.1, -0.05) is 0 Å². The van der Waals surface area contributed by atoms with Crippen LogP contribution >= 0.6 is 0 Å². The number of carboxylic acid groups (broad SMARTS) is 1. The SMILES string of the molecule is Cn1ccnc1C1OCCCC1C(=O)O. The summed E-state index contributed by atoms with van der Waals surface area (Å²) in [5.41, 5.74) is 0. The second-order valence-corrected chi connectivity index (χ2v) is 3.77. The van der Waals surface area contributed by atoms with Crippen molar-refractivity contribution in [2.24, 2.45) is 13.0 Å². The number of hydrogen-bond acceptors (Lipinski definition) is 3. The van der Waals surface area contributed by atoms with Crippen molar-refractivity contribution in [3.63, 3.8) is 0 Å². The van der Waals surface area contributed by atoms with Gasteiger partial charge in [-0.25, -0.2) is 4.98 Å². The van der Waals surface area contributed by atoms with Crippen LogP contribution in [0.15, 0.2) is 12.4 Å². The van der Waals surface area contributed by atoms with Gasteiger partial charge in [0, 0.05) is 26.0 Å². The van der Waals surface area contributed by atoms with E-state index in [1.54, 1.807) is 12.4 Å². The third-order valence-corrected chi connectivity index (χ3v) is 2.75. The van der Waals surface area contributed by atoms with Gasteiger partial charge in [0.1, 0.15) is 11.9 Å². The molecule has 2 atom stereocenters. The number of imidazole rings is 1. The number of carboxylic acids is 1. The molecule has 2 unspecified atom stereocenters. The summed E-state index contributed by atoms with van der Waals surface area (Å²) >= 11 is 0. The molecule has 82 valence electrons. The summed E-state index contributed by atoms with van der Waals surface area (Å²) in [4.78, 5) is 15.2. The van der Waals surface area contributed by atoms with Crippen LogP contribution in [0, 0.1) is 5.92 Å². The Morgan fingerprint density at radius 3 is 3.13 bits per heavy atom. The predicted molar refractivity (Wildman–Crippen MR) is 52.3 cm³/mol. The lowest BCUT2D eigenvalue weighted by atomic mass is 9.94. The van der Waals surface area contributed by atoms with Gasteiger partial charge in [-0.05, 0) is 12.8 Å². The molecule has 0 saturated carbocycles. The average molecular weight is 210 g/mol. The van der Waals surface area contributed by atoms with Crippen molar-refractivity contribution in [1.29, 1.82) is 0 Å². The Labute approximate surface area is 87.7 Å². The fourth-order valence-corrected chi connectivity index (χ4v) is 1.94. The summed E-state index contributed by atoms with van der Waals surface area (Å²) in [6.07, 6.45) is 4.51. The van der Waals surface area contributed by atoms with Crippen LogP contribution in [0.2, 0.25) is 0 Å². The smallest absolute Gasteiger partial charge is 0.309 e. The molecular formula is C10H14N2O3. The van der Waals surface area contributed by atoms with Crippen molar-refractivity contribution < 1.29 is 14.6 Å². The minimum absolute atomic E-state index is 0.406. The maximum absolute atomic E-state index is 11.1. The number of aromatic nitrogens is 2. The standard InChI is InChI=1S/C10H14N2O3/c1-12-5-4-11-9(12)8-7(10(13)14)3-2-6-15-8/h4-5,7-8H,2-3,6H2,1H3,(H,13,14). The first-order chi connectivity index (χ1) is 7.20. The Balaban J connectivity index is 2.25. The summed E-state index contributed by atoms with van der Waals surface area (Å²) in [6, 6.07) is 0. The van der Waals surface area contributed by atoms with E-state index in [1.807, 2.05) is 11.6 Å². The highest BCUT2D eigenvalue weighted by Crippen LogP contribution is 2.32.